The molecular weight excluding hydrogens is 292 g/mol. The van der Waals surface area contributed by atoms with Crippen LogP contribution < -0.4 is 0 Å². The number of piperidine rings is 1. The summed E-state index contributed by atoms with van der Waals surface area (Å²) in [4.78, 5) is 22.5. The lowest BCUT2D eigenvalue weighted by atomic mass is 9.99. The summed E-state index contributed by atoms with van der Waals surface area (Å²) < 4.78 is 5.33. The van der Waals surface area contributed by atoms with Crippen LogP contribution in [0.2, 0.25) is 0 Å². The molecule has 118 valence electrons. The summed E-state index contributed by atoms with van der Waals surface area (Å²) in [6.07, 6.45) is 4.77. The number of likely N-dealkylation sites (tertiary alicyclic amines) is 1. The number of carbonyl (C=O) groups is 1. The van der Waals surface area contributed by atoms with Gasteiger partial charge in [-0.3, -0.25) is 4.79 Å². The Kier molecular flexibility index (Phi) is 3.37. The van der Waals surface area contributed by atoms with E-state index in [9.17, 15) is 4.79 Å². The molecule has 6 heteroatoms. The highest BCUT2D eigenvalue weighted by Crippen LogP contribution is 2.32. The van der Waals surface area contributed by atoms with Crippen LogP contribution in [0.25, 0.3) is 10.9 Å². The molecule has 1 fully saturated rings. The van der Waals surface area contributed by atoms with Gasteiger partial charge in [-0.05, 0) is 44.4 Å². The van der Waals surface area contributed by atoms with Crippen LogP contribution in [-0.4, -0.2) is 32.5 Å². The first-order valence-corrected chi connectivity index (χ1v) is 7.91. The number of hydrogen-bond donors (Lipinski definition) is 1. The van der Waals surface area contributed by atoms with E-state index in [0.717, 1.165) is 30.2 Å². The zero-order valence-electron chi connectivity index (χ0n) is 13.0. The van der Waals surface area contributed by atoms with Crippen molar-refractivity contribution in [2.24, 2.45) is 0 Å². The number of H-pyrrole nitrogens is 1. The molecule has 1 amide bonds. The minimum absolute atomic E-state index is 0.0238. The predicted molar refractivity (Wildman–Crippen MR) is 85.0 cm³/mol. The van der Waals surface area contributed by atoms with Crippen molar-refractivity contribution >= 4 is 16.8 Å². The highest BCUT2D eigenvalue weighted by molar-refractivity contribution is 6.06. The molecule has 0 saturated carbocycles. The third-order valence-electron chi connectivity index (χ3n) is 4.42. The number of nitrogens with zero attached hydrogens (tertiary/aromatic N) is 3. The van der Waals surface area contributed by atoms with E-state index in [4.69, 9.17) is 4.52 Å². The number of amides is 1. The van der Waals surface area contributed by atoms with E-state index in [2.05, 4.69) is 15.1 Å². The predicted octanol–water partition coefficient (Wildman–Crippen LogP) is 3.23. The van der Waals surface area contributed by atoms with Crippen LogP contribution in [0.15, 0.2) is 35.0 Å². The SMILES string of the molecule is Cc1noc(C2CCCCN2C(=O)c2cccc3[nH]ccc23)n1. The van der Waals surface area contributed by atoms with Gasteiger partial charge in [0.25, 0.3) is 5.91 Å². The van der Waals surface area contributed by atoms with Crippen molar-refractivity contribution in [1.82, 2.24) is 20.0 Å². The van der Waals surface area contributed by atoms with Crippen molar-refractivity contribution < 1.29 is 9.32 Å². The van der Waals surface area contributed by atoms with Crippen molar-refractivity contribution in [3.63, 3.8) is 0 Å². The summed E-state index contributed by atoms with van der Waals surface area (Å²) in [5.41, 5.74) is 1.69. The number of rotatable bonds is 2. The molecular formula is C17H18N4O2. The summed E-state index contributed by atoms with van der Waals surface area (Å²) in [5, 5.41) is 4.82. The number of aromatic nitrogens is 3. The topological polar surface area (TPSA) is 75.0 Å². The first-order valence-electron chi connectivity index (χ1n) is 7.91. The van der Waals surface area contributed by atoms with Crippen LogP contribution in [-0.2, 0) is 0 Å². The van der Waals surface area contributed by atoms with Crippen LogP contribution in [0.4, 0.5) is 0 Å². The van der Waals surface area contributed by atoms with Gasteiger partial charge in [0.05, 0.1) is 0 Å². The van der Waals surface area contributed by atoms with Gasteiger partial charge in [0.2, 0.25) is 5.89 Å². The summed E-state index contributed by atoms with van der Waals surface area (Å²) in [7, 11) is 0. The first-order chi connectivity index (χ1) is 11.2. The van der Waals surface area contributed by atoms with Gasteiger partial charge < -0.3 is 14.4 Å². The molecule has 1 aromatic carbocycles. The fourth-order valence-corrected chi connectivity index (χ4v) is 3.31. The molecule has 4 rings (SSSR count). The van der Waals surface area contributed by atoms with Crippen LogP contribution in [0, 0.1) is 6.92 Å². The van der Waals surface area contributed by atoms with Gasteiger partial charge in [-0.25, -0.2) is 0 Å². The van der Waals surface area contributed by atoms with Crippen LogP contribution >= 0.6 is 0 Å². The van der Waals surface area contributed by atoms with Gasteiger partial charge in [-0.2, -0.15) is 4.98 Å². The fraction of sp³-hybridized carbons (Fsp3) is 0.353. The van der Waals surface area contributed by atoms with Crippen molar-refractivity contribution in [3.8, 4) is 0 Å². The minimum atomic E-state index is -0.133. The summed E-state index contributed by atoms with van der Waals surface area (Å²) >= 11 is 0. The highest BCUT2D eigenvalue weighted by atomic mass is 16.5. The Balaban J connectivity index is 1.72. The maximum Gasteiger partial charge on any atom is 0.255 e. The fourth-order valence-electron chi connectivity index (χ4n) is 3.31. The molecule has 3 heterocycles. The maximum absolute atomic E-state index is 13.1. The third-order valence-corrected chi connectivity index (χ3v) is 4.42. The largest absolute Gasteiger partial charge is 0.361 e. The minimum Gasteiger partial charge on any atom is -0.361 e. The lowest BCUT2D eigenvalue weighted by molar-refractivity contribution is 0.0563. The van der Waals surface area contributed by atoms with Gasteiger partial charge in [-0.15, -0.1) is 0 Å². The molecule has 1 saturated heterocycles. The van der Waals surface area contributed by atoms with E-state index in [-0.39, 0.29) is 11.9 Å². The van der Waals surface area contributed by atoms with E-state index in [1.165, 1.54) is 0 Å². The van der Waals surface area contributed by atoms with E-state index in [1.54, 1.807) is 6.92 Å². The monoisotopic (exact) mass is 310 g/mol. The molecule has 1 unspecified atom stereocenters. The molecule has 1 aliphatic heterocycles. The standard InChI is InChI=1S/C17H18N4O2/c1-11-19-16(23-20-11)15-7-2-3-10-21(15)17(22)13-5-4-6-14-12(13)8-9-18-14/h4-6,8-9,15,18H,2-3,7,10H2,1H3. The molecule has 0 bridgehead atoms. The summed E-state index contributed by atoms with van der Waals surface area (Å²) in [6.45, 7) is 2.51. The molecule has 0 aliphatic carbocycles. The molecule has 6 nitrogen and oxygen atoms in total. The molecule has 1 aliphatic rings. The van der Waals surface area contributed by atoms with Crippen LogP contribution in [0.1, 0.15) is 47.4 Å². The Morgan fingerprint density at radius 3 is 3.09 bits per heavy atom. The molecule has 0 radical (unpaired) electrons. The Labute approximate surface area is 133 Å². The Morgan fingerprint density at radius 1 is 1.35 bits per heavy atom. The van der Waals surface area contributed by atoms with Crippen LogP contribution in [0.3, 0.4) is 0 Å². The van der Waals surface area contributed by atoms with Crippen LogP contribution in [0.5, 0.6) is 0 Å². The second-order valence-electron chi connectivity index (χ2n) is 5.93. The summed E-state index contributed by atoms with van der Waals surface area (Å²) in [5.74, 6) is 1.17. The number of fused-ring (bicyclic) bond motifs is 1. The van der Waals surface area contributed by atoms with E-state index in [0.29, 0.717) is 23.8 Å². The average Bonchev–Trinajstić information content (AvgIpc) is 3.22. The number of nitrogens with one attached hydrogen (secondary N) is 1. The number of aromatic amines is 1. The summed E-state index contributed by atoms with van der Waals surface area (Å²) in [6, 6.07) is 7.57. The maximum atomic E-state index is 13.1. The van der Waals surface area contributed by atoms with Gasteiger partial charge in [0.15, 0.2) is 5.82 Å². The van der Waals surface area contributed by atoms with Gasteiger partial charge in [0, 0.05) is 29.2 Å². The first kappa shape index (κ1) is 14.0. The molecule has 0 spiro atoms. The van der Waals surface area contributed by atoms with E-state index in [1.807, 2.05) is 35.4 Å². The Morgan fingerprint density at radius 2 is 2.26 bits per heavy atom. The normalized spacial score (nSPS) is 18.5. The van der Waals surface area contributed by atoms with E-state index >= 15 is 0 Å². The Hall–Kier alpha value is -2.63. The number of benzene rings is 1. The number of hydrogen-bond acceptors (Lipinski definition) is 4. The van der Waals surface area contributed by atoms with Gasteiger partial charge in [0.1, 0.15) is 6.04 Å². The molecule has 1 atom stereocenters. The zero-order chi connectivity index (χ0) is 15.8. The smallest absolute Gasteiger partial charge is 0.255 e. The Bertz CT molecular complexity index is 851. The quantitative estimate of drug-likeness (QED) is 0.788. The lowest BCUT2D eigenvalue weighted by Crippen LogP contribution is -2.38. The van der Waals surface area contributed by atoms with E-state index < -0.39 is 0 Å². The van der Waals surface area contributed by atoms with Crippen molar-refractivity contribution in [3.05, 3.63) is 47.7 Å². The number of carbonyl (C=O) groups excluding carboxylic acids is 1. The zero-order valence-corrected chi connectivity index (χ0v) is 13.0. The second kappa shape index (κ2) is 5.53. The average molecular weight is 310 g/mol. The molecule has 2 aromatic heterocycles. The van der Waals surface area contributed by atoms with Gasteiger partial charge in [-0.1, -0.05) is 11.2 Å². The molecule has 3 aromatic rings. The second-order valence-corrected chi connectivity index (χ2v) is 5.93. The lowest BCUT2D eigenvalue weighted by Gasteiger charge is -2.33. The highest BCUT2D eigenvalue weighted by Gasteiger charge is 2.33. The molecule has 23 heavy (non-hydrogen) atoms. The third kappa shape index (κ3) is 2.40. The van der Waals surface area contributed by atoms with Gasteiger partial charge >= 0.3 is 0 Å². The van der Waals surface area contributed by atoms with Crippen molar-refractivity contribution in [2.45, 2.75) is 32.2 Å². The number of aryl methyl sites for hydroxylation is 1. The van der Waals surface area contributed by atoms with Crippen molar-refractivity contribution in [1.29, 1.82) is 0 Å². The van der Waals surface area contributed by atoms with Crippen molar-refractivity contribution in [2.75, 3.05) is 6.54 Å². The molecule has 1 N–H and O–H groups in total.